The number of rotatable bonds is 12. The zero-order valence-corrected chi connectivity index (χ0v) is 31.5. The number of likely N-dealkylation sites (tertiary alicyclic amines) is 1. The second-order valence-corrected chi connectivity index (χ2v) is 13.8. The molecule has 0 saturated carbocycles. The second-order valence-electron chi connectivity index (χ2n) is 13.8. The van der Waals surface area contributed by atoms with E-state index >= 15 is 0 Å². The lowest BCUT2D eigenvalue weighted by molar-refractivity contribution is -0.130. The molecular weight excluding hydrogens is 674 g/mol. The Morgan fingerprint density at radius 1 is 0.755 bits per heavy atom. The third-order valence-electron chi connectivity index (χ3n) is 9.18. The standard InChI is InChI=1S/C42H49N3O8/c1-8-52-33-19-15-30(16-20-33)37(35-22-21-34(50-6)27-36(35)51-7)43-39(47)42(23-25-45(26-24-42)40(48)53-41(2,3)4)44-38(46)31-11-9-28(10-12-31)29-13-17-32(49-5)18-14-29/h9-22,27,37H,8,23-26H2,1-7H3,(H,43,47)(H,44,46). The van der Waals surface area contributed by atoms with Crippen LogP contribution in [0, 0.1) is 0 Å². The molecule has 0 spiro atoms. The van der Waals surface area contributed by atoms with Gasteiger partial charge in [-0.3, -0.25) is 9.59 Å². The molecule has 1 unspecified atom stereocenters. The molecule has 4 aromatic carbocycles. The number of methoxy groups -OCH3 is 3. The van der Waals surface area contributed by atoms with Gasteiger partial charge in [-0.25, -0.2) is 4.79 Å². The average molecular weight is 724 g/mol. The first-order valence-electron chi connectivity index (χ1n) is 17.7. The average Bonchev–Trinajstić information content (AvgIpc) is 3.16. The summed E-state index contributed by atoms with van der Waals surface area (Å²) in [7, 11) is 4.75. The van der Waals surface area contributed by atoms with E-state index in [1.807, 2.05) is 73.7 Å². The largest absolute Gasteiger partial charge is 0.497 e. The number of hydrogen-bond acceptors (Lipinski definition) is 8. The SMILES string of the molecule is CCOc1ccc(C(NC(=O)C2(NC(=O)c3ccc(-c4ccc(OC)cc4)cc3)CCN(C(=O)OC(C)(C)C)CC2)c2ccc(OC)cc2OC)cc1. The Kier molecular flexibility index (Phi) is 12.2. The third kappa shape index (κ3) is 9.40. The number of carbonyl (C=O) groups excluding carboxylic acids is 3. The van der Waals surface area contributed by atoms with Crippen LogP contribution in [0.25, 0.3) is 11.1 Å². The van der Waals surface area contributed by atoms with Crippen LogP contribution in [0.4, 0.5) is 4.79 Å². The van der Waals surface area contributed by atoms with Crippen LogP contribution in [-0.2, 0) is 9.53 Å². The molecule has 1 atom stereocenters. The fourth-order valence-electron chi connectivity index (χ4n) is 6.28. The number of piperidine rings is 1. The van der Waals surface area contributed by atoms with Crippen LogP contribution >= 0.6 is 0 Å². The van der Waals surface area contributed by atoms with Gasteiger partial charge < -0.3 is 39.2 Å². The molecule has 280 valence electrons. The predicted molar refractivity (Wildman–Crippen MR) is 203 cm³/mol. The fourth-order valence-corrected chi connectivity index (χ4v) is 6.28. The number of ether oxygens (including phenoxy) is 5. The van der Waals surface area contributed by atoms with Gasteiger partial charge >= 0.3 is 6.09 Å². The van der Waals surface area contributed by atoms with Gasteiger partial charge in [-0.2, -0.15) is 0 Å². The molecule has 11 heteroatoms. The monoisotopic (exact) mass is 723 g/mol. The van der Waals surface area contributed by atoms with E-state index in [0.29, 0.717) is 35.0 Å². The first kappa shape index (κ1) is 38.5. The van der Waals surface area contributed by atoms with Crippen LogP contribution < -0.4 is 29.6 Å². The Bertz CT molecular complexity index is 1860. The van der Waals surface area contributed by atoms with Crippen molar-refractivity contribution in [3.63, 3.8) is 0 Å². The number of benzene rings is 4. The second kappa shape index (κ2) is 16.8. The van der Waals surface area contributed by atoms with E-state index < -0.39 is 35.1 Å². The van der Waals surface area contributed by atoms with Gasteiger partial charge in [0, 0.05) is 30.3 Å². The summed E-state index contributed by atoms with van der Waals surface area (Å²) in [6.45, 7) is 8.23. The lowest BCUT2D eigenvalue weighted by Crippen LogP contribution is -2.64. The normalized spacial score (nSPS) is 14.4. The van der Waals surface area contributed by atoms with E-state index in [4.69, 9.17) is 23.7 Å². The summed E-state index contributed by atoms with van der Waals surface area (Å²) >= 11 is 0. The van der Waals surface area contributed by atoms with Crippen LogP contribution in [0.5, 0.6) is 23.0 Å². The summed E-state index contributed by atoms with van der Waals surface area (Å²) in [5.41, 5.74) is 1.69. The van der Waals surface area contributed by atoms with Crippen molar-refractivity contribution < 1.29 is 38.1 Å². The van der Waals surface area contributed by atoms with Gasteiger partial charge in [-0.15, -0.1) is 0 Å². The Morgan fingerprint density at radius 2 is 1.32 bits per heavy atom. The quantitative estimate of drug-likeness (QED) is 0.158. The van der Waals surface area contributed by atoms with Gasteiger partial charge in [0.25, 0.3) is 5.91 Å². The molecule has 0 radical (unpaired) electrons. The molecule has 0 aliphatic carbocycles. The van der Waals surface area contributed by atoms with E-state index in [2.05, 4.69) is 10.6 Å². The number of nitrogens with one attached hydrogen (secondary N) is 2. The highest BCUT2D eigenvalue weighted by molar-refractivity contribution is 6.00. The maximum absolute atomic E-state index is 14.8. The predicted octanol–water partition coefficient (Wildman–Crippen LogP) is 7.18. The molecule has 2 N–H and O–H groups in total. The van der Waals surface area contributed by atoms with Crippen molar-refractivity contribution in [2.75, 3.05) is 41.0 Å². The Morgan fingerprint density at radius 3 is 1.87 bits per heavy atom. The highest BCUT2D eigenvalue weighted by Gasteiger charge is 2.45. The summed E-state index contributed by atoms with van der Waals surface area (Å²) in [6.07, 6.45) is -0.158. The Labute approximate surface area is 311 Å². The minimum Gasteiger partial charge on any atom is -0.497 e. The maximum Gasteiger partial charge on any atom is 0.410 e. The molecule has 0 bridgehead atoms. The Balaban J connectivity index is 1.47. The van der Waals surface area contributed by atoms with Crippen molar-refractivity contribution in [2.24, 2.45) is 0 Å². The van der Waals surface area contributed by atoms with Gasteiger partial charge in [-0.1, -0.05) is 36.4 Å². The lowest BCUT2D eigenvalue weighted by atomic mass is 9.85. The number of carbonyl (C=O) groups is 3. The van der Waals surface area contributed by atoms with Gasteiger partial charge in [0.1, 0.15) is 34.1 Å². The van der Waals surface area contributed by atoms with Crippen molar-refractivity contribution in [2.45, 2.75) is 57.7 Å². The van der Waals surface area contributed by atoms with Gasteiger partial charge in [0.05, 0.1) is 34.0 Å². The molecule has 1 heterocycles. The zero-order chi connectivity index (χ0) is 38.2. The number of hydrogen-bond donors (Lipinski definition) is 2. The molecular formula is C42H49N3O8. The van der Waals surface area contributed by atoms with Crippen molar-refractivity contribution >= 4 is 17.9 Å². The summed E-state index contributed by atoms with van der Waals surface area (Å²) in [5, 5.41) is 6.34. The van der Waals surface area contributed by atoms with Crippen LogP contribution in [0.15, 0.2) is 91.0 Å². The van der Waals surface area contributed by atoms with Crippen molar-refractivity contribution in [1.29, 1.82) is 0 Å². The van der Waals surface area contributed by atoms with E-state index in [9.17, 15) is 14.4 Å². The molecule has 1 aliphatic rings. The molecule has 0 aromatic heterocycles. The van der Waals surface area contributed by atoms with E-state index in [1.54, 1.807) is 71.3 Å². The van der Waals surface area contributed by atoms with Crippen molar-refractivity contribution in [1.82, 2.24) is 15.5 Å². The molecule has 11 nitrogen and oxygen atoms in total. The summed E-state index contributed by atoms with van der Waals surface area (Å²) in [6, 6.07) is 27.1. The van der Waals surface area contributed by atoms with Crippen molar-refractivity contribution in [3.05, 3.63) is 108 Å². The minimum absolute atomic E-state index is 0.156. The fraction of sp³-hybridized carbons (Fsp3) is 0.357. The third-order valence-corrected chi connectivity index (χ3v) is 9.18. The van der Waals surface area contributed by atoms with Crippen LogP contribution in [0.1, 0.15) is 68.1 Å². The Hall–Kier alpha value is -5.71. The molecule has 1 saturated heterocycles. The summed E-state index contributed by atoms with van der Waals surface area (Å²) in [4.78, 5) is 43.4. The molecule has 1 aliphatic heterocycles. The van der Waals surface area contributed by atoms with Gasteiger partial charge in [0.2, 0.25) is 5.91 Å². The molecule has 3 amide bonds. The molecule has 4 aromatic rings. The van der Waals surface area contributed by atoms with Crippen LogP contribution in [0.3, 0.4) is 0 Å². The first-order chi connectivity index (χ1) is 25.4. The van der Waals surface area contributed by atoms with Crippen LogP contribution in [0.2, 0.25) is 0 Å². The number of nitrogens with zero attached hydrogens (tertiary/aromatic N) is 1. The van der Waals surface area contributed by atoms with Gasteiger partial charge in [0.15, 0.2) is 0 Å². The van der Waals surface area contributed by atoms with Gasteiger partial charge in [-0.05, 0) is 106 Å². The maximum atomic E-state index is 14.8. The van der Waals surface area contributed by atoms with E-state index in [0.717, 1.165) is 22.4 Å². The van der Waals surface area contributed by atoms with E-state index in [1.165, 1.54) is 0 Å². The topological polar surface area (TPSA) is 125 Å². The summed E-state index contributed by atoms with van der Waals surface area (Å²) < 4.78 is 27.8. The highest BCUT2D eigenvalue weighted by Crippen LogP contribution is 2.35. The van der Waals surface area contributed by atoms with Crippen LogP contribution in [-0.4, -0.2) is 75.0 Å². The molecule has 53 heavy (non-hydrogen) atoms. The molecule has 1 fully saturated rings. The smallest absolute Gasteiger partial charge is 0.410 e. The lowest BCUT2D eigenvalue weighted by Gasteiger charge is -2.42. The van der Waals surface area contributed by atoms with E-state index in [-0.39, 0.29) is 25.9 Å². The first-order valence-corrected chi connectivity index (χ1v) is 17.7. The van der Waals surface area contributed by atoms with Crippen molar-refractivity contribution in [3.8, 4) is 34.1 Å². The summed E-state index contributed by atoms with van der Waals surface area (Å²) in [5.74, 6) is 1.74. The minimum atomic E-state index is -1.37. The highest BCUT2D eigenvalue weighted by atomic mass is 16.6. The number of amides is 3. The molecule has 5 rings (SSSR count). The zero-order valence-electron chi connectivity index (χ0n) is 31.5.